The van der Waals surface area contributed by atoms with Crippen molar-refractivity contribution in [2.45, 2.75) is 51.6 Å². The molecule has 1 nitrogen and oxygen atoms in total. The van der Waals surface area contributed by atoms with E-state index in [1.54, 1.807) is 11.1 Å². The van der Waals surface area contributed by atoms with Crippen molar-refractivity contribution < 1.29 is 4.74 Å². The Kier molecular flexibility index (Phi) is 5.29. The summed E-state index contributed by atoms with van der Waals surface area (Å²) >= 11 is 0. The lowest BCUT2D eigenvalue weighted by Gasteiger charge is -2.19. The van der Waals surface area contributed by atoms with Gasteiger partial charge in [0.25, 0.3) is 0 Å². The first-order valence-electron chi connectivity index (χ1n) is 8.41. The molecule has 0 radical (unpaired) electrons. The second kappa shape index (κ2) is 7.61. The van der Waals surface area contributed by atoms with Gasteiger partial charge in [-0.25, -0.2) is 0 Å². The minimum Gasteiger partial charge on any atom is -0.376 e. The van der Waals surface area contributed by atoms with Gasteiger partial charge < -0.3 is 4.74 Å². The van der Waals surface area contributed by atoms with Crippen molar-refractivity contribution in [2.75, 3.05) is 6.61 Å². The van der Waals surface area contributed by atoms with Gasteiger partial charge in [-0.3, -0.25) is 0 Å². The summed E-state index contributed by atoms with van der Waals surface area (Å²) in [5.41, 5.74) is 4.72. The quantitative estimate of drug-likeness (QED) is 0.517. The number of hydrogen-bond acceptors (Lipinski definition) is 1. The summed E-state index contributed by atoms with van der Waals surface area (Å²) < 4.78 is 5.88. The first kappa shape index (κ1) is 14.6. The average molecular weight is 282 g/mol. The Morgan fingerprint density at radius 1 is 1.05 bits per heavy atom. The fourth-order valence-corrected chi connectivity index (χ4v) is 3.70. The van der Waals surface area contributed by atoms with E-state index < -0.39 is 0 Å². The van der Waals surface area contributed by atoms with Crippen molar-refractivity contribution >= 4 is 0 Å². The monoisotopic (exact) mass is 282 g/mol. The van der Waals surface area contributed by atoms with Crippen molar-refractivity contribution in [3.8, 4) is 0 Å². The molecule has 1 aromatic carbocycles. The molecule has 1 aromatic rings. The molecule has 0 aliphatic heterocycles. The van der Waals surface area contributed by atoms with Crippen molar-refractivity contribution in [3.63, 3.8) is 0 Å². The third kappa shape index (κ3) is 4.07. The predicted molar refractivity (Wildman–Crippen MR) is 88.1 cm³/mol. The summed E-state index contributed by atoms with van der Waals surface area (Å²) in [4.78, 5) is 0. The van der Waals surface area contributed by atoms with Crippen LogP contribution in [0.2, 0.25) is 0 Å². The van der Waals surface area contributed by atoms with Crippen molar-refractivity contribution in [1.82, 2.24) is 0 Å². The first-order valence-corrected chi connectivity index (χ1v) is 8.41. The number of ether oxygens (including phenoxy) is 1. The third-order valence-electron chi connectivity index (χ3n) is 4.82. The van der Waals surface area contributed by atoms with Gasteiger partial charge in [0.15, 0.2) is 0 Å². The molecule has 1 heteroatoms. The minimum atomic E-state index is 0.739. The third-order valence-corrected chi connectivity index (χ3v) is 4.82. The Morgan fingerprint density at radius 2 is 1.95 bits per heavy atom. The summed E-state index contributed by atoms with van der Waals surface area (Å²) in [5, 5.41) is 0. The molecule has 0 N–H and O–H groups in total. The maximum absolute atomic E-state index is 5.88. The van der Waals surface area contributed by atoms with Gasteiger partial charge in [0.1, 0.15) is 0 Å². The van der Waals surface area contributed by atoms with E-state index in [-0.39, 0.29) is 0 Å². The molecule has 1 unspecified atom stereocenters. The van der Waals surface area contributed by atoms with Crippen LogP contribution < -0.4 is 0 Å². The van der Waals surface area contributed by atoms with Gasteiger partial charge in [0.2, 0.25) is 0 Å². The highest BCUT2D eigenvalue weighted by molar-refractivity contribution is 5.24. The van der Waals surface area contributed by atoms with E-state index >= 15 is 0 Å². The summed E-state index contributed by atoms with van der Waals surface area (Å²) in [7, 11) is 0. The molecule has 1 saturated carbocycles. The van der Waals surface area contributed by atoms with E-state index in [0.29, 0.717) is 0 Å². The molecular formula is C20H26O. The average Bonchev–Trinajstić information content (AvgIpc) is 2.95. The predicted octanol–water partition coefficient (Wildman–Crippen LogP) is 5.43. The molecule has 21 heavy (non-hydrogen) atoms. The van der Waals surface area contributed by atoms with Crippen LogP contribution in [0.15, 0.2) is 53.6 Å². The lowest BCUT2D eigenvalue weighted by atomic mass is 9.88. The maximum Gasteiger partial charge on any atom is 0.0717 e. The highest BCUT2D eigenvalue weighted by Crippen LogP contribution is 2.39. The number of allylic oxidation sites excluding steroid dienone is 3. The zero-order valence-corrected chi connectivity index (χ0v) is 12.9. The van der Waals surface area contributed by atoms with Crippen LogP contribution in [0.3, 0.4) is 0 Å². The number of fused-ring (bicyclic) bond motifs is 1. The van der Waals surface area contributed by atoms with E-state index in [1.807, 2.05) is 0 Å². The molecule has 1 fully saturated rings. The molecular weight excluding hydrogens is 256 g/mol. The molecule has 3 rings (SSSR count). The van der Waals surface area contributed by atoms with Gasteiger partial charge in [-0.1, -0.05) is 53.6 Å². The van der Waals surface area contributed by atoms with E-state index in [9.17, 15) is 0 Å². The standard InChI is InChI=1S/C20H26O/c1-3-8-17(9-4-1)16-21-15-14-19-11-6-2-5-10-18-12-7-13-20(18)19/h1-4,6,8-9,18H,5,7,10-16H2/b6-2-,20-19+. The van der Waals surface area contributed by atoms with Crippen molar-refractivity contribution in [1.29, 1.82) is 0 Å². The molecule has 2 aliphatic carbocycles. The Hall–Kier alpha value is -1.34. The van der Waals surface area contributed by atoms with Crippen LogP contribution in [-0.2, 0) is 11.3 Å². The topological polar surface area (TPSA) is 9.23 Å². The summed E-state index contributed by atoms with van der Waals surface area (Å²) in [6.07, 6.45) is 13.8. The molecule has 1 atom stereocenters. The van der Waals surface area contributed by atoms with E-state index in [1.165, 1.54) is 37.7 Å². The fraction of sp³-hybridized carbons (Fsp3) is 0.500. The smallest absolute Gasteiger partial charge is 0.0717 e. The Balaban J connectivity index is 1.53. The lowest BCUT2D eigenvalue weighted by molar-refractivity contribution is 0.123. The Morgan fingerprint density at radius 3 is 2.86 bits per heavy atom. The van der Waals surface area contributed by atoms with Gasteiger partial charge in [0, 0.05) is 0 Å². The molecule has 0 bridgehead atoms. The Bertz CT molecular complexity index is 498. The van der Waals surface area contributed by atoms with Crippen LogP contribution >= 0.6 is 0 Å². The van der Waals surface area contributed by atoms with Crippen molar-refractivity contribution in [2.24, 2.45) is 5.92 Å². The summed E-state index contributed by atoms with van der Waals surface area (Å²) in [6.45, 7) is 1.59. The fourth-order valence-electron chi connectivity index (χ4n) is 3.70. The first-order chi connectivity index (χ1) is 10.4. The summed E-state index contributed by atoms with van der Waals surface area (Å²) in [5.74, 6) is 0.874. The second-order valence-corrected chi connectivity index (χ2v) is 6.26. The molecule has 0 amide bonds. The summed E-state index contributed by atoms with van der Waals surface area (Å²) in [6, 6.07) is 10.5. The van der Waals surface area contributed by atoms with Gasteiger partial charge in [-0.05, 0) is 56.4 Å². The van der Waals surface area contributed by atoms with E-state index in [2.05, 4.69) is 42.5 Å². The minimum absolute atomic E-state index is 0.739. The highest BCUT2D eigenvalue weighted by Gasteiger charge is 2.23. The molecule has 2 aliphatic rings. The molecule has 0 spiro atoms. The van der Waals surface area contributed by atoms with Crippen molar-refractivity contribution in [3.05, 3.63) is 59.2 Å². The van der Waals surface area contributed by atoms with Crippen LogP contribution in [0.25, 0.3) is 0 Å². The van der Waals surface area contributed by atoms with E-state index in [0.717, 1.165) is 32.0 Å². The SMILES string of the molecule is C1=C\C/C(CCOCc2ccccc2)=C2/CCCC2CC/1. The number of benzene rings is 1. The van der Waals surface area contributed by atoms with Gasteiger partial charge in [-0.2, -0.15) is 0 Å². The van der Waals surface area contributed by atoms with Crippen LogP contribution in [0.4, 0.5) is 0 Å². The van der Waals surface area contributed by atoms with E-state index in [4.69, 9.17) is 4.74 Å². The van der Waals surface area contributed by atoms with Gasteiger partial charge in [0.05, 0.1) is 13.2 Å². The largest absolute Gasteiger partial charge is 0.376 e. The molecule has 0 aromatic heterocycles. The number of rotatable bonds is 5. The second-order valence-electron chi connectivity index (χ2n) is 6.26. The molecule has 0 heterocycles. The molecule has 0 saturated heterocycles. The van der Waals surface area contributed by atoms with Crippen LogP contribution in [-0.4, -0.2) is 6.61 Å². The lowest BCUT2D eigenvalue weighted by Crippen LogP contribution is -2.05. The van der Waals surface area contributed by atoms with Gasteiger partial charge >= 0.3 is 0 Å². The zero-order valence-electron chi connectivity index (χ0n) is 12.9. The molecule has 112 valence electrons. The zero-order chi connectivity index (χ0) is 14.3. The number of hydrogen-bond donors (Lipinski definition) is 0. The van der Waals surface area contributed by atoms with Crippen LogP contribution in [0, 0.1) is 5.92 Å². The van der Waals surface area contributed by atoms with Gasteiger partial charge in [-0.15, -0.1) is 0 Å². The van der Waals surface area contributed by atoms with Crippen LogP contribution in [0.5, 0.6) is 0 Å². The maximum atomic E-state index is 5.88. The highest BCUT2D eigenvalue weighted by atomic mass is 16.5. The van der Waals surface area contributed by atoms with Crippen LogP contribution in [0.1, 0.15) is 50.5 Å². The Labute approximate surface area is 128 Å². The normalized spacial score (nSPS) is 27.0.